The minimum Gasteiger partial charge on any atom is -0.394 e. The van der Waals surface area contributed by atoms with Gasteiger partial charge in [-0.3, -0.25) is 4.79 Å². The topological polar surface area (TPSA) is 110 Å². The highest BCUT2D eigenvalue weighted by molar-refractivity contribution is 5.80. The van der Waals surface area contributed by atoms with E-state index in [2.05, 4.69) is 43.5 Å². The molecular formula is C47H91NO5. The molecule has 0 rings (SSSR count). The highest BCUT2D eigenvalue weighted by atomic mass is 16.3. The molecule has 0 radical (unpaired) electrons. The van der Waals surface area contributed by atoms with Gasteiger partial charge in [0, 0.05) is 0 Å². The van der Waals surface area contributed by atoms with Crippen LogP contribution in [0.3, 0.4) is 0 Å². The maximum absolute atomic E-state index is 12.5. The van der Waals surface area contributed by atoms with Crippen LogP contribution in [0, 0.1) is 0 Å². The van der Waals surface area contributed by atoms with Crippen LogP contribution in [0.5, 0.6) is 0 Å². The smallest absolute Gasteiger partial charge is 0.249 e. The van der Waals surface area contributed by atoms with E-state index in [0.29, 0.717) is 12.8 Å². The van der Waals surface area contributed by atoms with E-state index in [1.165, 1.54) is 173 Å². The third-order valence-electron chi connectivity index (χ3n) is 10.9. The van der Waals surface area contributed by atoms with E-state index >= 15 is 0 Å². The Bertz CT molecular complexity index is 802. The second-order valence-electron chi connectivity index (χ2n) is 16.1. The first-order valence-electron chi connectivity index (χ1n) is 23.2. The molecule has 0 aliphatic rings. The molecule has 0 aliphatic heterocycles. The van der Waals surface area contributed by atoms with Gasteiger partial charge in [0.25, 0.3) is 0 Å². The third kappa shape index (κ3) is 36.2. The highest BCUT2D eigenvalue weighted by Crippen LogP contribution is 2.16. The summed E-state index contributed by atoms with van der Waals surface area (Å²) in [7, 11) is 0. The summed E-state index contributed by atoms with van der Waals surface area (Å²) in [6.07, 6.45) is 48.3. The van der Waals surface area contributed by atoms with Crippen LogP contribution >= 0.6 is 0 Å². The number of hydrogen-bond donors (Lipinski definition) is 5. The van der Waals surface area contributed by atoms with Crippen LogP contribution in [0.4, 0.5) is 0 Å². The number of aliphatic hydroxyl groups excluding tert-OH is 4. The van der Waals surface area contributed by atoms with Gasteiger partial charge in [0.05, 0.1) is 18.8 Å². The zero-order chi connectivity index (χ0) is 38.9. The lowest BCUT2D eigenvalue weighted by atomic mass is 10.00. The number of carbonyl (C=O) groups excluding carboxylic acids is 1. The van der Waals surface area contributed by atoms with E-state index in [9.17, 15) is 25.2 Å². The summed E-state index contributed by atoms with van der Waals surface area (Å²) < 4.78 is 0. The zero-order valence-electron chi connectivity index (χ0n) is 35.3. The second-order valence-corrected chi connectivity index (χ2v) is 16.1. The van der Waals surface area contributed by atoms with Gasteiger partial charge in [-0.1, -0.05) is 199 Å². The largest absolute Gasteiger partial charge is 0.394 e. The Morgan fingerprint density at radius 2 is 0.774 bits per heavy atom. The Morgan fingerprint density at radius 3 is 1.17 bits per heavy atom. The molecule has 6 heteroatoms. The number of aliphatic hydroxyl groups is 4. The molecule has 0 heterocycles. The number of amides is 1. The standard InChI is InChI=1S/C47H91NO5/c1-3-5-7-9-11-13-14-15-16-17-18-19-20-21-22-23-24-25-26-27-28-29-30-31-32-33-35-37-39-41-45(51)47(53)48-43(42-49)46(52)44(50)40-38-36-34-12-10-8-6-4-2/h12,21-22,34,43-46,49-52H,3-11,13-20,23-33,35-42H2,1-2H3,(H,48,53)/b22-21-,34-12+. The predicted molar refractivity (Wildman–Crippen MR) is 228 cm³/mol. The molecule has 4 atom stereocenters. The van der Waals surface area contributed by atoms with Crippen molar-refractivity contribution in [2.45, 2.75) is 263 Å². The van der Waals surface area contributed by atoms with Gasteiger partial charge < -0.3 is 25.7 Å². The Morgan fingerprint density at radius 1 is 0.453 bits per heavy atom. The average Bonchev–Trinajstić information content (AvgIpc) is 3.16. The second kappa shape index (κ2) is 41.9. The Balaban J connectivity index is 3.57. The number of rotatable bonds is 42. The molecule has 0 bridgehead atoms. The normalized spacial score (nSPS) is 14.3. The first kappa shape index (κ1) is 51.8. The molecule has 5 N–H and O–H groups in total. The van der Waals surface area contributed by atoms with Gasteiger partial charge in [0.1, 0.15) is 12.2 Å². The number of allylic oxidation sites excluding steroid dienone is 4. The molecule has 0 aromatic carbocycles. The van der Waals surface area contributed by atoms with Crippen molar-refractivity contribution in [2.75, 3.05) is 6.61 Å². The zero-order valence-corrected chi connectivity index (χ0v) is 35.3. The van der Waals surface area contributed by atoms with Crippen molar-refractivity contribution in [3.8, 4) is 0 Å². The molecule has 0 spiro atoms. The molecule has 0 aromatic heterocycles. The van der Waals surface area contributed by atoms with Gasteiger partial charge in [-0.2, -0.15) is 0 Å². The molecule has 6 nitrogen and oxygen atoms in total. The van der Waals surface area contributed by atoms with E-state index in [0.717, 1.165) is 38.5 Å². The molecule has 0 aromatic rings. The van der Waals surface area contributed by atoms with Gasteiger partial charge in [-0.05, 0) is 64.2 Å². The van der Waals surface area contributed by atoms with Crippen LogP contribution in [0.15, 0.2) is 24.3 Å². The van der Waals surface area contributed by atoms with Gasteiger partial charge in [0.2, 0.25) is 5.91 Å². The average molecular weight is 750 g/mol. The molecule has 314 valence electrons. The molecule has 1 amide bonds. The van der Waals surface area contributed by atoms with E-state index in [-0.39, 0.29) is 0 Å². The van der Waals surface area contributed by atoms with Crippen molar-refractivity contribution in [1.29, 1.82) is 0 Å². The summed E-state index contributed by atoms with van der Waals surface area (Å²) in [6.45, 7) is 3.98. The van der Waals surface area contributed by atoms with E-state index in [1.807, 2.05) is 0 Å². The number of nitrogens with one attached hydrogen (secondary N) is 1. The van der Waals surface area contributed by atoms with Gasteiger partial charge in [-0.25, -0.2) is 0 Å². The minimum atomic E-state index is -1.28. The summed E-state index contributed by atoms with van der Waals surface area (Å²) in [5, 5.41) is 43.4. The lowest BCUT2D eigenvalue weighted by molar-refractivity contribution is -0.132. The molecule has 4 unspecified atom stereocenters. The van der Waals surface area contributed by atoms with Gasteiger partial charge >= 0.3 is 0 Å². The molecular weight excluding hydrogens is 659 g/mol. The highest BCUT2D eigenvalue weighted by Gasteiger charge is 2.28. The third-order valence-corrected chi connectivity index (χ3v) is 10.9. The van der Waals surface area contributed by atoms with Crippen LogP contribution in [0.2, 0.25) is 0 Å². The number of unbranched alkanes of at least 4 members (excludes halogenated alkanes) is 29. The lowest BCUT2D eigenvalue weighted by Gasteiger charge is -2.27. The molecule has 0 saturated carbocycles. The Kier molecular flexibility index (Phi) is 41.0. The fourth-order valence-corrected chi connectivity index (χ4v) is 7.16. The van der Waals surface area contributed by atoms with Crippen LogP contribution in [-0.4, -0.2) is 57.3 Å². The first-order chi connectivity index (χ1) is 26.0. The van der Waals surface area contributed by atoms with E-state index < -0.39 is 36.9 Å². The van der Waals surface area contributed by atoms with Crippen molar-refractivity contribution >= 4 is 5.91 Å². The van der Waals surface area contributed by atoms with E-state index in [4.69, 9.17) is 0 Å². The Labute approximate surface area is 329 Å². The van der Waals surface area contributed by atoms with Crippen molar-refractivity contribution in [3.63, 3.8) is 0 Å². The van der Waals surface area contributed by atoms with Crippen molar-refractivity contribution in [1.82, 2.24) is 5.32 Å². The van der Waals surface area contributed by atoms with Gasteiger partial charge in [0.15, 0.2) is 0 Å². The fourth-order valence-electron chi connectivity index (χ4n) is 7.16. The monoisotopic (exact) mass is 750 g/mol. The van der Waals surface area contributed by atoms with Gasteiger partial charge in [-0.15, -0.1) is 0 Å². The summed E-state index contributed by atoms with van der Waals surface area (Å²) in [6, 6.07) is -0.997. The lowest BCUT2D eigenvalue weighted by Crippen LogP contribution is -2.53. The Hall–Kier alpha value is -1.21. The number of hydrogen-bond acceptors (Lipinski definition) is 5. The molecule has 0 aliphatic carbocycles. The maximum Gasteiger partial charge on any atom is 0.249 e. The van der Waals surface area contributed by atoms with E-state index in [1.54, 1.807) is 0 Å². The molecule has 0 fully saturated rings. The van der Waals surface area contributed by atoms with Crippen LogP contribution < -0.4 is 5.32 Å². The fraction of sp³-hybridized carbons (Fsp3) is 0.894. The summed E-state index contributed by atoms with van der Waals surface area (Å²) in [5.41, 5.74) is 0. The molecule has 53 heavy (non-hydrogen) atoms. The molecule has 0 saturated heterocycles. The quantitative estimate of drug-likeness (QED) is 0.0315. The summed E-state index contributed by atoms with van der Waals surface area (Å²) in [5.74, 6) is -0.595. The van der Waals surface area contributed by atoms with Crippen molar-refractivity contribution in [2.24, 2.45) is 0 Å². The van der Waals surface area contributed by atoms with Crippen LogP contribution in [0.1, 0.15) is 239 Å². The van der Waals surface area contributed by atoms with Crippen LogP contribution in [0.25, 0.3) is 0 Å². The SMILES string of the molecule is CCCCC/C=C/CCCC(O)C(O)C(CO)NC(=O)C(O)CCCCCCCCCCCCCCC/C=C\CCCCCCCCCCCCCC. The minimum absolute atomic E-state index is 0.364. The van der Waals surface area contributed by atoms with Crippen molar-refractivity contribution in [3.05, 3.63) is 24.3 Å². The summed E-state index contributed by atoms with van der Waals surface area (Å²) in [4.78, 5) is 12.5. The van der Waals surface area contributed by atoms with Crippen LogP contribution in [-0.2, 0) is 4.79 Å². The predicted octanol–water partition coefficient (Wildman–Crippen LogP) is 12.4. The van der Waals surface area contributed by atoms with Crippen molar-refractivity contribution < 1.29 is 25.2 Å². The summed E-state index contributed by atoms with van der Waals surface area (Å²) >= 11 is 0. The first-order valence-corrected chi connectivity index (χ1v) is 23.2. The maximum atomic E-state index is 12.5. The number of carbonyl (C=O) groups is 1.